The number of hydrogen-bond acceptors (Lipinski definition) is 7. The molecule has 0 bridgehead atoms. The summed E-state index contributed by atoms with van der Waals surface area (Å²) >= 11 is 0. The molecular formula is C31H40ClF2N3O6. The number of ether oxygens (including phenoxy) is 3. The van der Waals surface area contributed by atoms with Crippen LogP contribution in [-0.2, 0) is 16.8 Å². The average Bonchev–Trinajstić information content (AvgIpc) is 3.49. The van der Waals surface area contributed by atoms with Gasteiger partial charge < -0.3 is 29.1 Å². The van der Waals surface area contributed by atoms with Crippen molar-refractivity contribution in [3.63, 3.8) is 0 Å². The molecule has 43 heavy (non-hydrogen) atoms. The number of Topliss-reactive ketones (excluding diaryl/α,β-unsaturated/α-hetero) is 1. The van der Waals surface area contributed by atoms with Crippen LogP contribution in [0.15, 0.2) is 18.2 Å². The van der Waals surface area contributed by atoms with Crippen LogP contribution in [-0.4, -0.2) is 74.2 Å². The van der Waals surface area contributed by atoms with Gasteiger partial charge in [-0.15, -0.1) is 12.4 Å². The van der Waals surface area contributed by atoms with E-state index in [0.29, 0.717) is 48.4 Å². The fourth-order valence-electron chi connectivity index (χ4n) is 5.43. The van der Waals surface area contributed by atoms with Crippen molar-refractivity contribution < 1.29 is 37.7 Å². The topological polar surface area (TPSA) is 112 Å². The molecule has 0 amide bonds. The molecule has 1 fully saturated rings. The Bertz CT molecular complexity index is 1380. The zero-order chi connectivity index (χ0) is 30.8. The molecule has 0 aliphatic carbocycles. The summed E-state index contributed by atoms with van der Waals surface area (Å²) in [6, 6.07) is 5.11. The van der Waals surface area contributed by atoms with Crippen LogP contribution in [0, 0.1) is 11.2 Å². The van der Waals surface area contributed by atoms with E-state index in [0.717, 1.165) is 5.56 Å². The van der Waals surface area contributed by atoms with Crippen LogP contribution < -0.4 is 19.1 Å². The van der Waals surface area contributed by atoms with Crippen molar-refractivity contribution >= 4 is 35.7 Å². The highest BCUT2D eigenvalue weighted by molar-refractivity contribution is 6.06. The van der Waals surface area contributed by atoms with Gasteiger partial charge in [0.25, 0.3) is 0 Å². The summed E-state index contributed by atoms with van der Waals surface area (Å²) in [6.45, 7) is 6.90. The van der Waals surface area contributed by atoms with E-state index >= 15 is 4.39 Å². The van der Waals surface area contributed by atoms with E-state index in [4.69, 9.17) is 24.7 Å². The Morgan fingerprint density at radius 3 is 2.42 bits per heavy atom. The maximum Gasteiger partial charge on any atom is 0.303 e. The molecule has 0 aromatic heterocycles. The standard InChI is InChI=1S/C31H39F2N3O6.ClH/c1-31(2,3)21-12-18(13-22(35-10-9-20(32)16-35)28(21)42-11-7-6-8-25(38)39)23(37)17-36-15-19-14-24(40-4)29(41-5)27(33)26(19)30(36)34;/h12-14,20,34H,6-11,15-17H2,1-5H3,(H,38,39);1H. The van der Waals surface area contributed by atoms with Crippen LogP contribution in [0.2, 0.25) is 0 Å². The number of ketones is 1. The van der Waals surface area contributed by atoms with E-state index in [2.05, 4.69) is 0 Å². The van der Waals surface area contributed by atoms with Gasteiger partial charge in [0, 0.05) is 37.2 Å². The Labute approximate surface area is 257 Å². The fourth-order valence-corrected chi connectivity index (χ4v) is 5.43. The average molecular weight is 624 g/mol. The molecule has 1 unspecified atom stereocenters. The van der Waals surface area contributed by atoms with Crippen LogP contribution in [0.25, 0.3) is 0 Å². The predicted octanol–water partition coefficient (Wildman–Crippen LogP) is 5.77. The number of nitrogens with zero attached hydrogens (tertiary/aromatic N) is 2. The van der Waals surface area contributed by atoms with Crippen molar-refractivity contribution in [3.8, 4) is 17.2 Å². The number of methoxy groups -OCH3 is 2. The first kappa shape index (κ1) is 33.9. The molecular weight excluding hydrogens is 584 g/mol. The number of nitrogens with one attached hydrogen (secondary N) is 1. The Balaban J connectivity index is 0.00000506. The molecule has 2 heterocycles. The van der Waals surface area contributed by atoms with Crippen molar-refractivity contribution in [1.82, 2.24) is 4.90 Å². The second kappa shape index (κ2) is 13.8. The van der Waals surface area contributed by atoms with Crippen molar-refractivity contribution in [3.05, 3.63) is 46.3 Å². The van der Waals surface area contributed by atoms with Crippen molar-refractivity contribution in [2.24, 2.45) is 0 Å². The first-order valence-corrected chi connectivity index (χ1v) is 14.1. The maximum atomic E-state index is 15.2. The first-order valence-electron chi connectivity index (χ1n) is 14.1. The summed E-state index contributed by atoms with van der Waals surface area (Å²) in [7, 11) is 2.73. The summed E-state index contributed by atoms with van der Waals surface area (Å²) < 4.78 is 46.2. The molecule has 12 heteroatoms. The van der Waals surface area contributed by atoms with Crippen LogP contribution in [0.1, 0.15) is 73.5 Å². The Morgan fingerprint density at radius 2 is 1.84 bits per heavy atom. The molecule has 1 atom stereocenters. The van der Waals surface area contributed by atoms with Gasteiger partial charge in [-0.3, -0.25) is 15.0 Å². The molecule has 4 rings (SSSR count). The number of carboxylic acids is 1. The van der Waals surface area contributed by atoms with E-state index < -0.39 is 23.4 Å². The molecule has 236 valence electrons. The van der Waals surface area contributed by atoms with Crippen LogP contribution in [0.3, 0.4) is 0 Å². The third-order valence-corrected chi connectivity index (χ3v) is 7.64. The van der Waals surface area contributed by atoms with Gasteiger partial charge in [0.15, 0.2) is 23.1 Å². The summed E-state index contributed by atoms with van der Waals surface area (Å²) in [4.78, 5) is 28.0. The minimum atomic E-state index is -1.00. The number of benzene rings is 2. The van der Waals surface area contributed by atoms with E-state index in [1.807, 2.05) is 25.7 Å². The van der Waals surface area contributed by atoms with Gasteiger partial charge >= 0.3 is 5.97 Å². The van der Waals surface area contributed by atoms with Gasteiger partial charge in [0.05, 0.1) is 38.6 Å². The Kier molecular flexibility index (Phi) is 10.9. The molecule has 0 radical (unpaired) electrons. The number of hydrogen-bond donors (Lipinski definition) is 2. The van der Waals surface area contributed by atoms with E-state index in [9.17, 15) is 14.0 Å². The second-order valence-electron chi connectivity index (χ2n) is 11.7. The number of carbonyl (C=O) groups is 2. The zero-order valence-electron chi connectivity index (χ0n) is 25.2. The maximum absolute atomic E-state index is 15.2. The number of aliphatic carboxylic acids is 1. The van der Waals surface area contributed by atoms with E-state index in [1.165, 1.54) is 19.1 Å². The third kappa shape index (κ3) is 7.31. The highest BCUT2D eigenvalue weighted by atomic mass is 35.5. The van der Waals surface area contributed by atoms with Crippen molar-refractivity contribution in [2.75, 3.05) is 45.4 Å². The number of carbonyl (C=O) groups excluding carboxylic acids is 1. The quantitative estimate of drug-likeness (QED) is 0.226. The molecule has 2 aliphatic heterocycles. The van der Waals surface area contributed by atoms with E-state index in [1.54, 1.807) is 18.2 Å². The fraction of sp³-hybridized carbons (Fsp3) is 0.516. The molecule has 2 aromatic rings. The zero-order valence-corrected chi connectivity index (χ0v) is 26.0. The number of fused-ring (bicyclic) bond motifs is 1. The number of halogens is 3. The number of alkyl halides is 1. The Morgan fingerprint density at radius 1 is 1.12 bits per heavy atom. The van der Waals surface area contributed by atoms with Crippen LogP contribution in [0.4, 0.5) is 14.5 Å². The van der Waals surface area contributed by atoms with Gasteiger partial charge in [-0.05, 0) is 48.4 Å². The molecule has 2 aromatic carbocycles. The first-order chi connectivity index (χ1) is 19.8. The van der Waals surface area contributed by atoms with Crippen molar-refractivity contribution in [1.29, 1.82) is 5.41 Å². The molecule has 9 nitrogen and oxygen atoms in total. The highest BCUT2D eigenvalue weighted by Crippen LogP contribution is 2.42. The lowest BCUT2D eigenvalue weighted by Crippen LogP contribution is -2.31. The molecule has 0 saturated carbocycles. The highest BCUT2D eigenvalue weighted by Gasteiger charge is 2.34. The number of amidine groups is 1. The monoisotopic (exact) mass is 623 g/mol. The number of rotatable bonds is 12. The number of anilines is 1. The minimum absolute atomic E-state index is 0. The summed E-state index contributed by atoms with van der Waals surface area (Å²) in [5, 5.41) is 17.6. The summed E-state index contributed by atoms with van der Waals surface area (Å²) in [5.41, 5.74) is 1.93. The van der Waals surface area contributed by atoms with Crippen molar-refractivity contribution in [2.45, 2.75) is 64.6 Å². The number of carboxylic acid groups (broad SMARTS) is 1. The SMILES string of the molecule is COc1cc2c(c(F)c1OC)C(=N)N(CC(=O)c1cc(N3CCC(F)C3)c(OCCCCC(=O)O)c(C(C)(C)C)c1)C2.Cl. The molecule has 0 spiro atoms. The largest absolute Gasteiger partial charge is 0.493 e. The number of unbranched alkanes of at least 4 members (excludes halogenated alkanes) is 1. The van der Waals surface area contributed by atoms with Crippen LogP contribution in [0.5, 0.6) is 17.2 Å². The Hall–Kier alpha value is -3.60. The summed E-state index contributed by atoms with van der Waals surface area (Å²) in [5.74, 6) is -1.28. The molecule has 1 saturated heterocycles. The lowest BCUT2D eigenvalue weighted by Gasteiger charge is -2.30. The molecule has 2 aliphatic rings. The van der Waals surface area contributed by atoms with Gasteiger partial charge in [-0.25, -0.2) is 8.78 Å². The van der Waals surface area contributed by atoms with Crippen LogP contribution >= 0.6 is 12.4 Å². The minimum Gasteiger partial charge on any atom is -0.493 e. The predicted molar refractivity (Wildman–Crippen MR) is 162 cm³/mol. The second-order valence-corrected chi connectivity index (χ2v) is 11.7. The van der Waals surface area contributed by atoms with E-state index in [-0.39, 0.29) is 73.8 Å². The third-order valence-electron chi connectivity index (χ3n) is 7.64. The smallest absolute Gasteiger partial charge is 0.303 e. The summed E-state index contributed by atoms with van der Waals surface area (Å²) in [6.07, 6.45) is 0.405. The van der Waals surface area contributed by atoms with Gasteiger partial charge in [0.2, 0.25) is 0 Å². The molecule has 2 N–H and O–H groups in total. The van der Waals surface area contributed by atoms with Gasteiger partial charge in [-0.1, -0.05) is 20.8 Å². The lowest BCUT2D eigenvalue weighted by molar-refractivity contribution is -0.137. The lowest BCUT2D eigenvalue weighted by atomic mass is 9.84. The van der Waals surface area contributed by atoms with Gasteiger partial charge in [0.1, 0.15) is 17.8 Å². The van der Waals surface area contributed by atoms with Gasteiger partial charge in [-0.2, -0.15) is 0 Å². The normalized spacial score (nSPS) is 16.2.